The topological polar surface area (TPSA) is 39.4 Å². The maximum absolute atomic E-state index is 12.1. The monoisotopic (exact) mass is 258 g/mol. The summed E-state index contributed by atoms with van der Waals surface area (Å²) in [4.78, 5) is 12.1. The summed E-state index contributed by atoms with van der Waals surface area (Å²) in [6.07, 6.45) is 1.94. The predicted octanol–water partition coefficient (Wildman–Crippen LogP) is 2.59. The van der Waals surface area contributed by atoms with Crippen LogP contribution in [0.5, 0.6) is 11.5 Å². The number of hydrogen-bond donors (Lipinski definition) is 0. The van der Waals surface area contributed by atoms with Crippen molar-refractivity contribution in [1.82, 2.24) is 0 Å². The second-order valence-corrected chi connectivity index (χ2v) is 3.96. The summed E-state index contributed by atoms with van der Waals surface area (Å²) in [5, 5.41) is 0. The van der Waals surface area contributed by atoms with E-state index in [4.69, 9.17) is 9.47 Å². The van der Waals surface area contributed by atoms with Crippen molar-refractivity contribution in [3.8, 4) is 11.5 Å². The van der Waals surface area contributed by atoms with Crippen LogP contribution < -0.4 is 14.0 Å². The third-order valence-electron chi connectivity index (χ3n) is 2.75. The molecule has 0 spiro atoms. The molecule has 4 nitrogen and oxygen atoms in total. The fraction of sp³-hybridized carbons (Fsp3) is 0.200. The second-order valence-electron chi connectivity index (χ2n) is 3.96. The Morgan fingerprint density at radius 3 is 2.53 bits per heavy atom. The van der Waals surface area contributed by atoms with Gasteiger partial charge in [-0.05, 0) is 12.1 Å². The highest BCUT2D eigenvalue weighted by molar-refractivity contribution is 5.61. The summed E-state index contributed by atoms with van der Waals surface area (Å²) in [6, 6.07) is 12.6. The van der Waals surface area contributed by atoms with Crippen molar-refractivity contribution < 1.29 is 18.8 Å². The Balaban J connectivity index is 2.24. The summed E-state index contributed by atoms with van der Waals surface area (Å²) >= 11 is 0. The lowest BCUT2D eigenvalue weighted by Crippen LogP contribution is -2.48. The van der Waals surface area contributed by atoms with Crippen LogP contribution in [0.4, 0.5) is 4.79 Å². The summed E-state index contributed by atoms with van der Waals surface area (Å²) < 4.78 is 11.9. The Bertz CT molecular complexity index is 567. The van der Waals surface area contributed by atoms with Crippen LogP contribution in [0.1, 0.15) is 12.6 Å². The maximum atomic E-state index is 12.1. The van der Waals surface area contributed by atoms with E-state index in [0.29, 0.717) is 12.2 Å². The molecular formula is C15H16NO3+. The summed E-state index contributed by atoms with van der Waals surface area (Å²) in [6.45, 7) is 1.97. The molecule has 0 saturated carbocycles. The van der Waals surface area contributed by atoms with E-state index in [9.17, 15) is 4.79 Å². The predicted molar refractivity (Wildman–Crippen MR) is 70.4 cm³/mol. The van der Waals surface area contributed by atoms with Crippen molar-refractivity contribution in [3.05, 3.63) is 54.4 Å². The third kappa shape index (κ3) is 3.10. The molecule has 1 heterocycles. The van der Waals surface area contributed by atoms with Crippen LogP contribution in [0.3, 0.4) is 0 Å². The Morgan fingerprint density at radius 2 is 1.89 bits per heavy atom. The standard InChI is InChI=1S/C15H16NO3/c1-3-12-11-14(18-2)9-10-16(12)15(17)19-13-7-5-4-6-8-13/h4-11H,3H2,1-2H3/q+1. The van der Waals surface area contributed by atoms with Crippen LogP contribution in [0.15, 0.2) is 48.7 Å². The zero-order chi connectivity index (χ0) is 13.7. The molecule has 1 aromatic carbocycles. The molecule has 0 atom stereocenters. The average Bonchev–Trinajstić information content (AvgIpc) is 2.47. The number of pyridine rings is 1. The van der Waals surface area contributed by atoms with Gasteiger partial charge in [0, 0.05) is 18.6 Å². The highest BCUT2D eigenvalue weighted by Crippen LogP contribution is 2.11. The van der Waals surface area contributed by atoms with Gasteiger partial charge in [-0.15, -0.1) is 0 Å². The summed E-state index contributed by atoms with van der Waals surface area (Å²) in [5.74, 6) is 1.25. The van der Waals surface area contributed by atoms with E-state index in [1.165, 1.54) is 4.57 Å². The molecule has 0 unspecified atom stereocenters. The fourth-order valence-corrected chi connectivity index (χ4v) is 1.74. The molecular weight excluding hydrogens is 242 g/mol. The number of benzene rings is 1. The van der Waals surface area contributed by atoms with Gasteiger partial charge in [-0.3, -0.25) is 0 Å². The number of ether oxygens (including phenoxy) is 2. The molecule has 0 saturated heterocycles. The van der Waals surface area contributed by atoms with Gasteiger partial charge in [0.1, 0.15) is 11.5 Å². The number of hydrogen-bond acceptors (Lipinski definition) is 3. The average molecular weight is 258 g/mol. The van der Waals surface area contributed by atoms with E-state index >= 15 is 0 Å². The normalized spacial score (nSPS) is 10.0. The molecule has 0 fully saturated rings. The first kappa shape index (κ1) is 13.1. The van der Waals surface area contributed by atoms with E-state index in [0.717, 1.165) is 11.4 Å². The van der Waals surface area contributed by atoms with Gasteiger partial charge >= 0.3 is 6.09 Å². The lowest BCUT2D eigenvalue weighted by molar-refractivity contribution is -0.590. The number of rotatable bonds is 3. The van der Waals surface area contributed by atoms with Crippen molar-refractivity contribution in [3.63, 3.8) is 0 Å². The molecule has 0 aliphatic carbocycles. The molecule has 0 N–H and O–H groups in total. The molecule has 19 heavy (non-hydrogen) atoms. The molecule has 2 aromatic rings. The van der Waals surface area contributed by atoms with E-state index in [-0.39, 0.29) is 0 Å². The Kier molecular flexibility index (Phi) is 4.13. The molecule has 2 rings (SSSR count). The number of para-hydroxylation sites is 1. The lowest BCUT2D eigenvalue weighted by atomic mass is 10.2. The largest absolute Gasteiger partial charge is 0.607 e. The van der Waals surface area contributed by atoms with E-state index in [2.05, 4.69) is 0 Å². The van der Waals surface area contributed by atoms with E-state index in [1.54, 1.807) is 31.5 Å². The number of carbonyl (C=O) groups excluding carboxylic acids is 1. The summed E-state index contributed by atoms with van der Waals surface area (Å²) in [7, 11) is 1.60. The Morgan fingerprint density at radius 1 is 1.16 bits per heavy atom. The first-order valence-corrected chi connectivity index (χ1v) is 6.10. The molecule has 0 radical (unpaired) electrons. The van der Waals surface area contributed by atoms with Gasteiger partial charge in [-0.25, -0.2) is 0 Å². The van der Waals surface area contributed by atoms with Gasteiger partial charge in [0.05, 0.1) is 7.11 Å². The molecule has 98 valence electrons. The zero-order valence-electron chi connectivity index (χ0n) is 11.0. The highest BCUT2D eigenvalue weighted by atomic mass is 16.6. The van der Waals surface area contributed by atoms with E-state index in [1.807, 2.05) is 31.2 Å². The zero-order valence-corrected chi connectivity index (χ0v) is 11.0. The van der Waals surface area contributed by atoms with Crippen LogP contribution in [0.2, 0.25) is 0 Å². The van der Waals surface area contributed by atoms with Crippen molar-refractivity contribution >= 4 is 6.09 Å². The molecule has 0 aliphatic heterocycles. The fourth-order valence-electron chi connectivity index (χ4n) is 1.74. The van der Waals surface area contributed by atoms with Crippen LogP contribution in [-0.4, -0.2) is 13.2 Å². The lowest BCUT2D eigenvalue weighted by Gasteiger charge is -2.03. The van der Waals surface area contributed by atoms with Gasteiger partial charge in [-0.1, -0.05) is 29.7 Å². The highest BCUT2D eigenvalue weighted by Gasteiger charge is 2.22. The SMILES string of the molecule is CCc1cc(OC)cc[n+]1C(=O)Oc1ccccc1. The number of carbonyl (C=O) groups is 1. The van der Waals surface area contributed by atoms with Crippen molar-refractivity contribution in [2.45, 2.75) is 13.3 Å². The smallest absolute Gasteiger partial charge is 0.496 e. The molecule has 0 amide bonds. The third-order valence-corrected chi connectivity index (χ3v) is 2.75. The number of aromatic nitrogens is 1. The van der Waals surface area contributed by atoms with Gasteiger partial charge in [0.25, 0.3) is 0 Å². The van der Waals surface area contributed by atoms with E-state index < -0.39 is 6.09 Å². The second kappa shape index (κ2) is 6.00. The number of nitrogens with zero attached hydrogens (tertiary/aromatic N) is 1. The minimum atomic E-state index is -0.425. The van der Waals surface area contributed by atoms with Crippen molar-refractivity contribution in [2.24, 2.45) is 0 Å². The van der Waals surface area contributed by atoms with Gasteiger partial charge in [0.15, 0.2) is 11.9 Å². The molecule has 0 bridgehead atoms. The first-order valence-electron chi connectivity index (χ1n) is 6.10. The van der Waals surface area contributed by atoms with Crippen LogP contribution in [0.25, 0.3) is 0 Å². The molecule has 1 aromatic heterocycles. The van der Waals surface area contributed by atoms with Crippen LogP contribution >= 0.6 is 0 Å². The van der Waals surface area contributed by atoms with Crippen LogP contribution in [-0.2, 0) is 6.42 Å². The maximum Gasteiger partial charge on any atom is 0.607 e. The van der Waals surface area contributed by atoms with Gasteiger partial charge in [0.2, 0.25) is 0 Å². The van der Waals surface area contributed by atoms with Crippen LogP contribution in [0, 0.1) is 0 Å². The quantitative estimate of drug-likeness (QED) is 0.794. The Hall–Kier alpha value is -2.36. The number of methoxy groups -OCH3 is 1. The minimum absolute atomic E-state index is 0.425. The number of aryl methyl sites for hydroxylation is 1. The van der Waals surface area contributed by atoms with Crippen molar-refractivity contribution in [1.29, 1.82) is 0 Å². The summed E-state index contributed by atoms with van der Waals surface area (Å²) in [5.41, 5.74) is 0.834. The Labute approximate surface area is 112 Å². The molecule has 0 aliphatic rings. The molecule has 4 heteroatoms. The minimum Gasteiger partial charge on any atom is -0.496 e. The van der Waals surface area contributed by atoms with Gasteiger partial charge < -0.3 is 9.47 Å². The van der Waals surface area contributed by atoms with Crippen molar-refractivity contribution in [2.75, 3.05) is 7.11 Å². The first-order chi connectivity index (χ1) is 9.24. The van der Waals surface area contributed by atoms with Gasteiger partial charge in [-0.2, -0.15) is 4.79 Å².